The second kappa shape index (κ2) is 13.9. The van der Waals surface area contributed by atoms with Crippen LogP contribution in [0.1, 0.15) is 50.4 Å². The fourth-order valence-electron chi connectivity index (χ4n) is 5.04. The summed E-state index contributed by atoms with van der Waals surface area (Å²) < 4.78 is 25.3. The van der Waals surface area contributed by atoms with E-state index in [1.165, 1.54) is 15.9 Å². The van der Waals surface area contributed by atoms with Crippen LogP contribution >= 0.6 is 34.5 Å². The number of para-hydroxylation sites is 2. The van der Waals surface area contributed by atoms with Gasteiger partial charge in [-0.2, -0.15) is 0 Å². The molecule has 0 spiro atoms. The van der Waals surface area contributed by atoms with Crippen LogP contribution in [0, 0.1) is 0 Å². The number of thiazole rings is 1. The minimum atomic E-state index is -0.812. The number of hydrogen-bond acceptors (Lipinski definition) is 8. The number of rotatable bonds is 10. The number of aromatic nitrogens is 1. The summed E-state index contributed by atoms with van der Waals surface area (Å²) in [6, 6.07) is 17.3. The molecule has 3 aromatic carbocycles. The maximum absolute atomic E-state index is 14.2. The quantitative estimate of drug-likeness (QED) is 0.180. The Morgan fingerprint density at radius 1 is 1.07 bits per heavy atom. The van der Waals surface area contributed by atoms with E-state index in [2.05, 4.69) is 4.99 Å². The maximum atomic E-state index is 14.2. The van der Waals surface area contributed by atoms with Gasteiger partial charge in [-0.25, -0.2) is 9.79 Å². The van der Waals surface area contributed by atoms with Crippen LogP contribution in [0.2, 0.25) is 10.0 Å². The molecule has 45 heavy (non-hydrogen) atoms. The molecular weight excluding hydrogens is 635 g/mol. The first-order valence-electron chi connectivity index (χ1n) is 14.3. The van der Waals surface area contributed by atoms with E-state index in [0.717, 1.165) is 5.56 Å². The van der Waals surface area contributed by atoms with Gasteiger partial charge in [0, 0.05) is 11.1 Å². The molecule has 2 heterocycles. The highest BCUT2D eigenvalue weighted by Gasteiger charge is 2.35. The van der Waals surface area contributed by atoms with Gasteiger partial charge in [-0.1, -0.05) is 70.9 Å². The van der Waals surface area contributed by atoms with Crippen LogP contribution in [0.25, 0.3) is 6.08 Å². The number of carbonyl (C=O) groups is 1. The van der Waals surface area contributed by atoms with E-state index in [1.54, 1.807) is 45.2 Å². The number of fused-ring (bicyclic) bond motifs is 1. The fourth-order valence-corrected chi connectivity index (χ4v) is 6.40. The number of ether oxygens (including phenoxy) is 4. The molecule has 11 heteroatoms. The Bertz CT molecular complexity index is 1960. The van der Waals surface area contributed by atoms with Crippen LogP contribution in [-0.2, 0) is 16.1 Å². The Hall–Kier alpha value is -4.05. The van der Waals surface area contributed by atoms with Crippen molar-refractivity contribution in [1.82, 2.24) is 4.57 Å². The molecule has 1 aromatic heterocycles. The van der Waals surface area contributed by atoms with Crippen molar-refractivity contribution in [1.29, 1.82) is 0 Å². The molecule has 0 aliphatic carbocycles. The molecule has 5 rings (SSSR count). The van der Waals surface area contributed by atoms with E-state index < -0.39 is 12.0 Å². The predicted octanol–water partition coefficient (Wildman–Crippen LogP) is 6.48. The van der Waals surface area contributed by atoms with E-state index in [-0.39, 0.29) is 30.5 Å². The van der Waals surface area contributed by atoms with Gasteiger partial charge in [-0.3, -0.25) is 9.36 Å². The van der Waals surface area contributed by atoms with Crippen LogP contribution in [-0.4, -0.2) is 30.4 Å². The third-order valence-corrected chi connectivity index (χ3v) is 8.70. The summed E-state index contributed by atoms with van der Waals surface area (Å²) >= 11 is 13.5. The Balaban J connectivity index is 1.66. The van der Waals surface area contributed by atoms with Gasteiger partial charge in [0.1, 0.15) is 18.4 Å². The molecule has 0 amide bonds. The lowest BCUT2D eigenvalue weighted by Crippen LogP contribution is -2.40. The molecule has 0 N–H and O–H groups in total. The van der Waals surface area contributed by atoms with Gasteiger partial charge < -0.3 is 18.9 Å². The minimum absolute atomic E-state index is 0.131. The van der Waals surface area contributed by atoms with E-state index in [0.29, 0.717) is 53.5 Å². The summed E-state index contributed by atoms with van der Waals surface area (Å²) in [7, 11) is 1.55. The van der Waals surface area contributed by atoms with E-state index in [1.807, 2.05) is 56.3 Å². The number of esters is 1. The fraction of sp³-hybridized carbons (Fsp3) is 0.265. The summed E-state index contributed by atoms with van der Waals surface area (Å²) in [5.74, 6) is 0.972. The van der Waals surface area contributed by atoms with Crippen LogP contribution in [0.4, 0.5) is 0 Å². The van der Waals surface area contributed by atoms with Crippen molar-refractivity contribution < 1.29 is 23.7 Å². The Labute approximate surface area is 274 Å². The maximum Gasteiger partial charge on any atom is 0.338 e. The Morgan fingerprint density at radius 3 is 2.53 bits per heavy atom. The lowest BCUT2D eigenvalue weighted by atomic mass is 9.95. The Morgan fingerprint density at radius 2 is 1.82 bits per heavy atom. The number of carbonyl (C=O) groups excluding carboxylic acids is 1. The van der Waals surface area contributed by atoms with Crippen molar-refractivity contribution in [3.8, 4) is 17.2 Å². The van der Waals surface area contributed by atoms with Crippen molar-refractivity contribution >= 4 is 46.6 Å². The third-order valence-electron chi connectivity index (χ3n) is 6.98. The van der Waals surface area contributed by atoms with Crippen LogP contribution in [0.5, 0.6) is 17.2 Å². The van der Waals surface area contributed by atoms with Gasteiger partial charge in [0.15, 0.2) is 16.3 Å². The second-order valence-corrected chi connectivity index (χ2v) is 12.2. The molecule has 0 bridgehead atoms. The smallest absolute Gasteiger partial charge is 0.338 e. The number of nitrogens with zero attached hydrogens (tertiary/aromatic N) is 2. The first kappa shape index (κ1) is 32.3. The molecule has 8 nitrogen and oxygen atoms in total. The summed E-state index contributed by atoms with van der Waals surface area (Å²) in [5, 5.41) is 0.873. The van der Waals surface area contributed by atoms with Crippen molar-refractivity contribution in [3.63, 3.8) is 0 Å². The lowest BCUT2D eigenvalue weighted by molar-refractivity contribution is -0.139. The molecule has 1 aliphatic rings. The zero-order chi connectivity index (χ0) is 32.2. The first-order valence-corrected chi connectivity index (χ1v) is 15.9. The average molecular weight is 668 g/mol. The predicted molar refractivity (Wildman–Crippen MR) is 176 cm³/mol. The molecule has 0 saturated heterocycles. The summed E-state index contributed by atoms with van der Waals surface area (Å²) in [4.78, 5) is 32.7. The van der Waals surface area contributed by atoms with Crippen molar-refractivity contribution in [2.24, 2.45) is 4.99 Å². The zero-order valence-corrected chi connectivity index (χ0v) is 27.8. The molecule has 0 radical (unpaired) electrons. The molecule has 234 valence electrons. The lowest BCUT2D eigenvalue weighted by Gasteiger charge is -2.26. The van der Waals surface area contributed by atoms with Crippen LogP contribution in [0.15, 0.2) is 81.7 Å². The van der Waals surface area contributed by atoms with Crippen LogP contribution < -0.4 is 29.1 Å². The molecule has 4 aromatic rings. The average Bonchev–Trinajstić information content (AvgIpc) is 3.31. The summed E-state index contributed by atoms with van der Waals surface area (Å²) in [6.07, 6.45) is 1.61. The molecular formula is C34H32Cl2N2O6S. The molecule has 1 aliphatic heterocycles. The monoisotopic (exact) mass is 666 g/mol. The van der Waals surface area contributed by atoms with Gasteiger partial charge >= 0.3 is 5.97 Å². The number of allylic oxidation sites excluding steroid dienone is 1. The highest BCUT2D eigenvalue weighted by molar-refractivity contribution is 7.07. The number of hydrogen-bond donors (Lipinski definition) is 0. The molecule has 0 unspecified atom stereocenters. The van der Waals surface area contributed by atoms with Gasteiger partial charge in [0.2, 0.25) is 0 Å². The van der Waals surface area contributed by atoms with E-state index in [9.17, 15) is 9.59 Å². The zero-order valence-electron chi connectivity index (χ0n) is 25.4. The van der Waals surface area contributed by atoms with Gasteiger partial charge in [0.25, 0.3) is 5.56 Å². The first-order chi connectivity index (χ1) is 21.6. The van der Waals surface area contributed by atoms with Crippen molar-refractivity contribution in [2.45, 2.75) is 46.4 Å². The van der Waals surface area contributed by atoms with E-state index in [4.69, 9.17) is 42.1 Å². The summed E-state index contributed by atoms with van der Waals surface area (Å²) in [5.41, 5.74) is 2.52. The number of benzene rings is 3. The topological polar surface area (TPSA) is 88.4 Å². The van der Waals surface area contributed by atoms with Gasteiger partial charge in [-0.05, 0) is 63.6 Å². The third kappa shape index (κ3) is 6.81. The normalized spacial score (nSPS) is 14.7. The molecule has 0 fully saturated rings. The molecule has 0 saturated carbocycles. The highest BCUT2D eigenvalue weighted by atomic mass is 35.5. The highest BCUT2D eigenvalue weighted by Crippen LogP contribution is 2.37. The largest absolute Gasteiger partial charge is 0.493 e. The van der Waals surface area contributed by atoms with Crippen LogP contribution in [0.3, 0.4) is 0 Å². The van der Waals surface area contributed by atoms with Gasteiger partial charge in [-0.15, -0.1) is 0 Å². The minimum Gasteiger partial charge on any atom is -0.493 e. The Kier molecular flexibility index (Phi) is 10.0. The van der Waals surface area contributed by atoms with Gasteiger partial charge in [0.05, 0.1) is 45.7 Å². The standard InChI is InChI=1S/C34H32Cl2N2O6S/c1-6-42-33(40)29-20(4)37-34-38(30(29)23-11-7-8-12-26(23)44-19(2)3)32(39)28(45-34)17-22-10-9-13-27(41-5)31(22)43-18-21-14-15-24(35)25(36)16-21/h7-17,19,30H,6,18H2,1-5H3/b28-17-/t30-/m0/s1. The molecule has 1 atom stereocenters. The SMILES string of the molecule is CCOC(=O)C1=C(C)N=c2s/c(=C\c3cccc(OC)c3OCc3ccc(Cl)c(Cl)c3)c(=O)n2[C@H]1c1ccccc1OC(C)C. The van der Waals surface area contributed by atoms with Crippen molar-refractivity contribution in [3.05, 3.63) is 118 Å². The summed E-state index contributed by atoms with van der Waals surface area (Å²) in [6.45, 7) is 7.70. The number of methoxy groups -OCH3 is 1. The second-order valence-electron chi connectivity index (χ2n) is 10.4. The van der Waals surface area contributed by atoms with E-state index >= 15 is 0 Å². The van der Waals surface area contributed by atoms with Crippen molar-refractivity contribution in [2.75, 3.05) is 13.7 Å². The number of halogens is 2.